The second-order valence-corrected chi connectivity index (χ2v) is 4.86. The molecular weight excluding hydrogens is 216 g/mol. The normalized spacial score (nSPS) is 10.8. The van der Waals surface area contributed by atoms with Crippen LogP contribution in [-0.2, 0) is 0 Å². The van der Waals surface area contributed by atoms with Crippen molar-refractivity contribution in [2.45, 2.75) is 6.92 Å². The highest BCUT2D eigenvalue weighted by molar-refractivity contribution is 7.18. The van der Waals surface area contributed by atoms with Gasteiger partial charge in [0.2, 0.25) is 0 Å². The van der Waals surface area contributed by atoms with E-state index in [1.54, 1.807) is 17.5 Å². The van der Waals surface area contributed by atoms with Crippen LogP contribution in [0.1, 0.15) is 5.01 Å². The molecule has 0 amide bonds. The molecule has 2 aromatic heterocycles. The maximum absolute atomic E-state index is 4.58. The zero-order chi connectivity index (χ0) is 11.0. The average Bonchev–Trinajstić information content (AvgIpc) is 2.70. The Labute approximate surface area is 97.6 Å². The number of nitrogens with zero attached hydrogens (tertiary/aromatic N) is 2. The van der Waals surface area contributed by atoms with Gasteiger partial charge in [0.15, 0.2) is 0 Å². The molecule has 0 bridgehead atoms. The predicted octanol–water partition coefficient (Wildman–Crippen LogP) is 3.67. The Kier molecular flexibility index (Phi) is 2.18. The molecule has 0 unspecified atom stereocenters. The Balaban J connectivity index is 2.31. The number of thiazole rings is 1. The number of hydrogen-bond donors (Lipinski definition) is 0. The fraction of sp³-hybridized carbons (Fsp3) is 0.0769. The van der Waals surface area contributed by atoms with E-state index in [0.717, 1.165) is 21.7 Å². The van der Waals surface area contributed by atoms with Crippen molar-refractivity contribution in [3.8, 4) is 11.1 Å². The second kappa shape index (κ2) is 3.68. The number of para-hydroxylation sites is 1. The fourth-order valence-electron chi connectivity index (χ4n) is 1.81. The molecule has 1 aromatic carbocycles. The molecule has 0 aliphatic rings. The summed E-state index contributed by atoms with van der Waals surface area (Å²) in [4.78, 5) is 8.73. The number of hydrogen-bond acceptors (Lipinski definition) is 3. The molecule has 2 nitrogen and oxygen atoms in total. The summed E-state index contributed by atoms with van der Waals surface area (Å²) in [7, 11) is 0. The van der Waals surface area contributed by atoms with E-state index < -0.39 is 0 Å². The Bertz CT molecular complexity index is 629. The summed E-state index contributed by atoms with van der Waals surface area (Å²) < 4.78 is 1.24. The Morgan fingerprint density at radius 2 is 2.06 bits per heavy atom. The summed E-state index contributed by atoms with van der Waals surface area (Å²) in [6, 6.07) is 10.3. The van der Waals surface area contributed by atoms with Gasteiger partial charge in [-0.2, -0.15) is 0 Å². The largest absolute Gasteiger partial charge is 0.264 e. The summed E-state index contributed by atoms with van der Waals surface area (Å²) in [5, 5.41) is 1.10. The molecule has 2 heterocycles. The van der Waals surface area contributed by atoms with Crippen LogP contribution in [0.3, 0.4) is 0 Å². The van der Waals surface area contributed by atoms with Crippen LogP contribution in [0.5, 0.6) is 0 Å². The summed E-state index contributed by atoms with van der Waals surface area (Å²) >= 11 is 1.73. The summed E-state index contributed by atoms with van der Waals surface area (Å²) in [6.45, 7) is 2.04. The Morgan fingerprint density at radius 1 is 1.12 bits per heavy atom. The molecule has 3 rings (SSSR count). The van der Waals surface area contributed by atoms with Crippen molar-refractivity contribution < 1.29 is 0 Å². The van der Waals surface area contributed by atoms with Crippen LogP contribution in [0.25, 0.3) is 21.3 Å². The lowest BCUT2D eigenvalue weighted by molar-refractivity contribution is 1.32. The first-order valence-corrected chi connectivity index (χ1v) is 5.93. The number of rotatable bonds is 1. The van der Waals surface area contributed by atoms with Gasteiger partial charge in [0, 0.05) is 23.5 Å². The summed E-state index contributed by atoms with van der Waals surface area (Å²) in [5.74, 6) is 0. The first kappa shape index (κ1) is 9.48. The molecule has 0 radical (unpaired) electrons. The van der Waals surface area contributed by atoms with Crippen molar-refractivity contribution in [1.29, 1.82) is 0 Å². The minimum absolute atomic E-state index is 1.08. The third-order valence-corrected chi connectivity index (χ3v) is 3.43. The summed E-state index contributed by atoms with van der Waals surface area (Å²) in [6.07, 6.45) is 3.67. The number of benzene rings is 1. The lowest BCUT2D eigenvalue weighted by atomic mass is 10.1. The molecule has 0 saturated carbocycles. The van der Waals surface area contributed by atoms with Gasteiger partial charge in [0.25, 0.3) is 0 Å². The SMILES string of the molecule is Cc1nc2c(-c3cccnc3)cccc2s1. The van der Waals surface area contributed by atoms with E-state index in [4.69, 9.17) is 0 Å². The zero-order valence-electron chi connectivity index (χ0n) is 8.84. The minimum Gasteiger partial charge on any atom is -0.264 e. The van der Waals surface area contributed by atoms with Gasteiger partial charge in [0.05, 0.1) is 15.2 Å². The molecule has 3 heteroatoms. The van der Waals surface area contributed by atoms with E-state index in [1.807, 2.05) is 19.2 Å². The molecule has 0 aliphatic heterocycles. The highest BCUT2D eigenvalue weighted by atomic mass is 32.1. The van der Waals surface area contributed by atoms with Gasteiger partial charge in [-0.25, -0.2) is 4.98 Å². The predicted molar refractivity (Wildman–Crippen MR) is 67.6 cm³/mol. The van der Waals surface area contributed by atoms with Crippen molar-refractivity contribution in [2.75, 3.05) is 0 Å². The molecule has 3 aromatic rings. The fourth-order valence-corrected chi connectivity index (χ4v) is 2.67. The third-order valence-electron chi connectivity index (χ3n) is 2.50. The lowest BCUT2D eigenvalue weighted by Gasteiger charge is -2.00. The molecule has 0 fully saturated rings. The van der Waals surface area contributed by atoms with E-state index in [2.05, 4.69) is 34.2 Å². The minimum atomic E-state index is 1.08. The van der Waals surface area contributed by atoms with Crippen molar-refractivity contribution in [3.63, 3.8) is 0 Å². The first-order valence-electron chi connectivity index (χ1n) is 5.11. The molecule has 78 valence electrons. The highest BCUT2D eigenvalue weighted by Crippen LogP contribution is 2.30. The molecule has 0 aliphatic carbocycles. The van der Waals surface area contributed by atoms with Crippen LogP contribution >= 0.6 is 11.3 Å². The molecule has 0 N–H and O–H groups in total. The van der Waals surface area contributed by atoms with Crippen LogP contribution in [0, 0.1) is 6.92 Å². The second-order valence-electron chi connectivity index (χ2n) is 3.63. The van der Waals surface area contributed by atoms with Crippen LogP contribution < -0.4 is 0 Å². The van der Waals surface area contributed by atoms with Gasteiger partial charge in [-0.3, -0.25) is 4.98 Å². The van der Waals surface area contributed by atoms with Crippen molar-refractivity contribution in [2.24, 2.45) is 0 Å². The molecule has 0 saturated heterocycles. The average molecular weight is 226 g/mol. The monoisotopic (exact) mass is 226 g/mol. The zero-order valence-corrected chi connectivity index (χ0v) is 9.66. The van der Waals surface area contributed by atoms with E-state index >= 15 is 0 Å². The number of aryl methyl sites for hydroxylation is 1. The van der Waals surface area contributed by atoms with Crippen molar-refractivity contribution in [1.82, 2.24) is 9.97 Å². The number of pyridine rings is 1. The van der Waals surface area contributed by atoms with Gasteiger partial charge >= 0.3 is 0 Å². The van der Waals surface area contributed by atoms with Crippen LogP contribution in [0.4, 0.5) is 0 Å². The van der Waals surface area contributed by atoms with Crippen LogP contribution in [0.15, 0.2) is 42.7 Å². The molecular formula is C13H10N2S. The van der Waals surface area contributed by atoms with Gasteiger partial charge in [-0.1, -0.05) is 18.2 Å². The van der Waals surface area contributed by atoms with Crippen LogP contribution in [-0.4, -0.2) is 9.97 Å². The smallest absolute Gasteiger partial charge is 0.0908 e. The molecule has 0 spiro atoms. The van der Waals surface area contributed by atoms with Crippen LogP contribution in [0.2, 0.25) is 0 Å². The lowest BCUT2D eigenvalue weighted by Crippen LogP contribution is -1.81. The van der Waals surface area contributed by atoms with Crippen molar-refractivity contribution in [3.05, 3.63) is 47.7 Å². The molecule has 16 heavy (non-hydrogen) atoms. The van der Waals surface area contributed by atoms with E-state index in [0.29, 0.717) is 0 Å². The Morgan fingerprint density at radius 3 is 2.88 bits per heavy atom. The van der Waals surface area contributed by atoms with E-state index in [-0.39, 0.29) is 0 Å². The van der Waals surface area contributed by atoms with E-state index in [1.165, 1.54) is 4.70 Å². The van der Waals surface area contributed by atoms with Gasteiger partial charge in [0.1, 0.15) is 0 Å². The summed E-state index contributed by atoms with van der Waals surface area (Å²) in [5.41, 5.74) is 3.37. The first-order chi connectivity index (χ1) is 7.84. The highest BCUT2D eigenvalue weighted by Gasteiger charge is 2.07. The maximum Gasteiger partial charge on any atom is 0.0908 e. The van der Waals surface area contributed by atoms with Gasteiger partial charge in [-0.05, 0) is 19.1 Å². The van der Waals surface area contributed by atoms with Crippen molar-refractivity contribution >= 4 is 21.6 Å². The van der Waals surface area contributed by atoms with E-state index in [9.17, 15) is 0 Å². The quantitative estimate of drug-likeness (QED) is 0.632. The Hall–Kier alpha value is -1.74. The maximum atomic E-state index is 4.58. The van der Waals surface area contributed by atoms with Gasteiger partial charge < -0.3 is 0 Å². The van der Waals surface area contributed by atoms with Gasteiger partial charge in [-0.15, -0.1) is 11.3 Å². The third kappa shape index (κ3) is 1.49. The topological polar surface area (TPSA) is 25.8 Å². The number of fused-ring (bicyclic) bond motifs is 1. The molecule has 0 atom stereocenters. The number of aromatic nitrogens is 2. The standard InChI is InChI=1S/C13H10N2S/c1-9-15-13-11(5-2-6-12(13)16-9)10-4-3-7-14-8-10/h2-8H,1H3.